The number of aliphatic carboxylic acids is 8. The number of ether oxygens (including phenoxy) is 1. The summed E-state index contributed by atoms with van der Waals surface area (Å²) in [7, 11) is -9.28. The number of carboxylic acids is 8. The van der Waals surface area contributed by atoms with Crippen molar-refractivity contribution in [2.45, 2.75) is 40.2 Å². The summed E-state index contributed by atoms with van der Waals surface area (Å²) in [5.41, 5.74) is 4.04. The smallest absolute Gasteiger partial charge is 0.466 e. The topological polar surface area (TPSA) is 691 Å². The molecule has 0 spiro atoms. The van der Waals surface area contributed by atoms with Crippen LogP contribution in [0.25, 0.3) is 0 Å². The van der Waals surface area contributed by atoms with Crippen LogP contribution in [-0.2, 0) is 58.6 Å². The van der Waals surface area contributed by atoms with Crippen LogP contribution in [0.1, 0.15) is 33.3 Å². The first-order chi connectivity index (χ1) is 40.4. The molecular formula is C51H91NO35P2. The highest BCUT2D eigenvalue weighted by Gasteiger charge is 2.33. The summed E-state index contributed by atoms with van der Waals surface area (Å²) >= 11 is 0. The molecule has 26 N–H and O–H groups in total. The average molecular weight is 1340 g/mol. The zero-order valence-corrected chi connectivity index (χ0v) is 51.2. The lowest BCUT2D eigenvalue weighted by Crippen LogP contribution is -2.43. The van der Waals surface area contributed by atoms with Crippen molar-refractivity contribution in [3.8, 4) is 0 Å². The van der Waals surface area contributed by atoms with Gasteiger partial charge in [0.2, 0.25) is 0 Å². The quantitative estimate of drug-likeness (QED) is 0.0386. The predicted octanol–water partition coefficient (Wildman–Crippen LogP) is -2.18. The maximum absolute atomic E-state index is 9.60. The van der Waals surface area contributed by atoms with Gasteiger partial charge >= 0.3 is 63.4 Å². The Labute approximate surface area is 512 Å². The number of carboxylic acid groups (broad SMARTS) is 8. The van der Waals surface area contributed by atoms with Crippen molar-refractivity contribution in [2.75, 3.05) is 79.3 Å². The first-order valence-electron chi connectivity index (χ1n) is 23.3. The molecule has 89 heavy (non-hydrogen) atoms. The third-order valence-electron chi connectivity index (χ3n) is 7.54. The molecule has 0 bridgehead atoms. The van der Waals surface area contributed by atoms with Gasteiger partial charge in [0.1, 0.15) is 0 Å². The molecular weight excluding hydrogens is 1250 g/mol. The van der Waals surface area contributed by atoms with Crippen LogP contribution >= 0.6 is 15.6 Å². The fraction of sp³-hybridized carbons (Fsp3) is 0.412. The van der Waals surface area contributed by atoms with Crippen LogP contribution in [0.5, 0.6) is 0 Å². The van der Waals surface area contributed by atoms with Gasteiger partial charge in [-0.05, 0) is 39.7 Å². The summed E-state index contributed by atoms with van der Waals surface area (Å²) in [4.78, 5) is 118. The summed E-state index contributed by atoms with van der Waals surface area (Å²) in [6.45, 7) is 26.0. The molecule has 520 valence electrons. The minimum absolute atomic E-state index is 0.141. The fourth-order valence-electron chi connectivity index (χ4n) is 2.34. The molecule has 0 heterocycles. The molecule has 1 aromatic rings. The normalized spacial score (nSPS) is 9.81. The number of carbonyl (C=O) groups is 8. The second-order valence-electron chi connectivity index (χ2n) is 16.2. The monoisotopic (exact) mass is 1340 g/mol. The van der Waals surface area contributed by atoms with Crippen LogP contribution in [0.4, 0.5) is 0 Å². The van der Waals surface area contributed by atoms with E-state index in [4.69, 9.17) is 141 Å². The molecule has 1 atom stereocenters. The number of hydrogen-bond acceptors (Lipinski definition) is 22. The standard InChI is InChI=1S/C10H22O7.C9H13N.C5H12O4.3C4H6O2.5C3H4O2.2H3O4P/c11-1-9(2-12,3-13)7-17-8-10(4-14,5-15)6-16;1-8(10)7-9-5-3-2-4-6-9;6-1-5(2-7,3-8)4-9;3*1-3(2)4(5)6;5*1-2-3(4)5;2*1-5(2,3)4/h11-16H,1-8H2;2-6,8H,7,10H2,1H3;6-9H,1-4H2;3*1H2,2H3,(H,5,6);5*2H,1H2,(H,4,5);2*(H3,1,2,3,4). The number of benzene rings is 1. The highest BCUT2D eigenvalue weighted by atomic mass is 31.2. The third kappa shape index (κ3) is 119. The van der Waals surface area contributed by atoms with Gasteiger partial charge in [-0.3, -0.25) is 0 Å². The summed E-state index contributed by atoms with van der Waals surface area (Å²) in [6.07, 6.45) is 5.14. The number of aliphatic hydroxyl groups is 10. The van der Waals surface area contributed by atoms with Crippen molar-refractivity contribution in [2.24, 2.45) is 22.0 Å². The lowest BCUT2D eigenvalue weighted by Gasteiger charge is -2.31. The molecule has 38 heteroatoms. The van der Waals surface area contributed by atoms with E-state index in [1.807, 2.05) is 25.1 Å². The summed E-state index contributed by atoms with van der Waals surface area (Å²) in [6, 6.07) is 10.6. The van der Waals surface area contributed by atoms with Crippen LogP contribution in [0.2, 0.25) is 0 Å². The van der Waals surface area contributed by atoms with Gasteiger partial charge in [-0.2, -0.15) is 0 Å². The van der Waals surface area contributed by atoms with Gasteiger partial charge in [0.25, 0.3) is 0 Å². The number of hydrogen-bond donors (Lipinski definition) is 25. The second-order valence-corrected chi connectivity index (χ2v) is 18.3. The number of aliphatic hydroxyl groups excluding tert-OH is 10. The van der Waals surface area contributed by atoms with Crippen molar-refractivity contribution in [1.29, 1.82) is 0 Å². The van der Waals surface area contributed by atoms with Crippen molar-refractivity contribution in [3.63, 3.8) is 0 Å². The van der Waals surface area contributed by atoms with Crippen LogP contribution in [0.15, 0.2) is 130 Å². The van der Waals surface area contributed by atoms with Gasteiger partial charge < -0.3 is 132 Å². The molecule has 0 fully saturated rings. The van der Waals surface area contributed by atoms with E-state index in [9.17, 15) is 38.4 Å². The third-order valence-corrected chi connectivity index (χ3v) is 7.54. The van der Waals surface area contributed by atoms with Gasteiger partial charge in [0.05, 0.1) is 95.5 Å². The molecule has 0 saturated heterocycles. The Morgan fingerprint density at radius 2 is 0.573 bits per heavy atom. The molecule has 1 unspecified atom stereocenters. The van der Waals surface area contributed by atoms with E-state index in [2.05, 4.69) is 64.8 Å². The van der Waals surface area contributed by atoms with Crippen LogP contribution < -0.4 is 5.73 Å². The molecule has 1 aromatic carbocycles. The Morgan fingerprint density at radius 3 is 0.663 bits per heavy atom. The Balaban J connectivity index is -0.0000000741. The lowest BCUT2D eigenvalue weighted by molar-refractivity contribution is -0.133. The molecule has 0 aromatic heterocycles. The lowest BCUT2D eigenvalue weighted by atomic mass is 9.91. The highest BCUT2D eigenvalue weighted by Crippen LogP contribution is 2.26. The van der Waals surface area contributed by atoms with Gasteiger partial charge in [0, 0.05) is 53.1 Å². The molecule has 0 saturated carbocycles. The van der Waals surface area contributed by atoms with E-state index in [1.54, 1.807) is 0 Å². The van der Waals surface area contributed by atoms with E-state index in [-0.39, 0.29) is 36.0 Å². The van der Waals surface area contributed by atoms with Crippen LogP contribution in [0, 0.1) is 16.2 Å². The van der Waals surface area contributed by atoms with E-state index < -0.39 is 146 Å². The number of rotatable bonds is 24. The van der Waals surface area contributed by atoms with Crippen molar-refractivity contribution < 1.29 is 174 Å². The summed E-state index contributed by atoms with van der Waals surface area (Å²) in [5, 5.41) is 150. The van der Waals surface area contributed by atoms with Gasteiger partial charge in [-0.25, -0.2) is 47.5 Å². The van der Waals surface area contributed by atoms with Crippen LogP contribution in [0.3, 0.4) is 0 Å². The van der Waals surface area contributed by atoms with Crippen molar-refractivity contribution >= 4 is 63.4 Å². The Morgan fingerprint density at radius 1 is 0.427 bits per heavy atom. The molecule has 0 aliphatic carbocycles. The Kier molecular flexibility index (Phi) is 85.8. The Hall–Kier alpha value is -7.36. The summed E-state index contributed by atoms with van der Waals surface area (Å²) in [5.74, 6) is -7.71. The van der Waals surface area contributed by atoms with Crippen molar-refractivity contribution in [1.82, 2.24) is 0 Å². The molecule has 0 amide bonds. The van der Waals surface area contributed by atoms with E-state index in [0.29, 0.717) is 0 Å². The van der Waals surface area contributed by atoms with Crippen LogP contribution in [-0.4, -0.2) is 254 Å². The average Bonchev–Trinajstić information content (AvgIpc) is 3.45. The second kappa shape index (κ2) is 69.7. The Bertz CT molecular complexity index is 1940. The maximum Gasteiger partial charge on any atom is 0.466 e. The molecule has 0 aliphatic rings. The molecule has 36 nitrogen and oxygen atoms in total. The highest BCUT2D eigenvalue weighted by molar-refractivity contribution is 7.45. The van der Waals surface area contributed by atoms with E-state index in [1.165, 1.54) is 26.3 Å². The number of nitrogens with two attached hydrogens (primary N) is 1. The minimum Gasteiger partial charge on any atom is -0.478 e. The predicted molar refractivity (Wildman–Crippen MR) is 318 cm³/mol. The van der Waals surface area contributed by atoms with Gasteiger partial charge in [-0.15, -0.1) is 0 Å². The minimum atomic E-state index is -4.64. The molecule has 0 aliphatic heterocycles. The molecule has 1 rings (SSSR count). The molecule has 0 radical (unpaired) electrons. The fourth-order valence-corrected chi connectivity index (χ4v) is 2.34. The largest absolute Gasteiger partial charge is 0.478 e. The summed E-state index contributed by atoms with van der Waals surface area (Å²) < 4.78 is 22.9. The zero-order chi connectivity index (χ0) is 74.0. The van der Waals surface area contributed by atoms with Gasteiger partial charge in [-0.1, -0.05) is 83.0 Å². The SMILES string of the molecule is C=C(C)C(=O)O.C=C(C)C(=O)O.C=C(C)C(=O)O.C=CC(=O)O.C=CC(=O)O.C=CC(=O)O.C=CC(=O)O.C=CC(=O)O.CC(N)Cc1ccccc1.O=P(O)(O)O.O=P(O)(O)O.OCC(CO)(CO)CO.OCC(CO)(CO)COCC(CO)(CO)CO. The van der Waals surface area contributed by atoms with Crippen molar-refractivity contribution in [3.05, 3.63) is 136 Å². The van der Waals surface area contributed by atoms with E-state index >= 15 is 0 Å². The maximum atomic E-state index is 9.60. The first-order valence-corrected chi connectivity index (χ1v) is 26.5. The zero-order valence-electron chi connectivity index (χ0n) is 49.4. The number of phosphoric acid groups is 2. The van der Waals surface area contributed by atoms with Gasteiger partial charge in [0.15, 0.2) is 0 Å². The van der Waals surface area contributed by atoms with E-state index in [0.717, 1.165) is 36.8 Å². The first kappa shape index (κ1) is 109.